The number of furan rings is 1. The molecule has 3 aromatic rings. The molecule has 1 aliphatic rings. The Morgan fingerprint density at radius 3 is 2.83 bits per heavy atom. The molecular formula is C21H21F2N3O2S. The fourth-order valence-electron chi connectivity index (χ4n) is 3.81. The highest BCUT2D eigenvalue weighted by atomic mass is 32.2. The molecule has 152 valence electrons. The van der Waals surface area contributed by atoms with Crippen LogP contribution in [0.2, 0.25) is 0 Å². The Labute approximate surface area is 171 Å². The zero-order valence-electron chi connectivity index (χ0n) is 16.0. The molecule has 0 fully saturated rings. The van der Waals surface area contributed by atoms with Crippen molar-refractivity contribution in [3.05, 3.63) is 70.9 Å². The van der Waals surface area contributed by atoms with Crippen LogP contribution in [0.5, 0.6) is 0 Å². The summed E-state index contributed by atoms with van der Waals surface area (Å²) in [6.45, 7) is 0.543. The van der Waals surface area contributed by atoms with Crippen molar-refractivity contribution in [3.63, 3.8) is 0 Å². The normalized spacial score (nSPS) is 13.1. The summed E-state index contributed by atoms with van der Waals surface area (Å²) in [5.41, 5.74) is 3.52. The van der Waals surface area contributed by atoms with E-state index >= 15 is 0 Å². The minimum Gasteiger partial charge on any atom is -0.467 e. The maximum atomic E-state index is 13.4. The van der Waals surface area contributed by atoms with E-state index in [1.807, 2.05) is 11.7 Å². The summed E-state index contributed by atoms with van der Waals surface area (Å²) in [6, 6.07) is 10.0. The molecule has 0 spiro atoms. The van der Waals surface area contributed by atoms with E-state index in [0.717, 1.165) is 25.0 Å². The van der Waals surface area contributed by atoms with Crippen molar-refractivity contribution in [3.8, 4) is 0 Å². The molecule has 1 amide bonds. The number of amides is 1. The van der Waals surface area contributed by atoms with E-state index in [0.29, 0.717) is 24.1 Å². The third kappa shape index (κ3) is 4.22. The van der Waals surface area contributed by atoms with Crippen molar-refractivity contribution < 1.29 is 18.0 Å². The monoisotopic (exact) mass is 417 g/mol. The van der Waals surface area contributed by atoms with Crippen LogP contribution in [0.25, 0.3) is 0 Å². The van der Waals surface area contributed by atoms with E-state index < -0.39 is 5.76 Å². The molecule has 4 rings (SSSR count). The van der Waals surface area contributed by atoms with Crippen LogP contribution in [0.4, 0.5) is 8.78 Å². The van der Waals surface area contributed by atoms with Gasteiger partial charge >= 0.3 is 0 Å². The molecule has 0 atom stereocenters. The number of halogens is 2. The topological polar surface area (TPSA) is 51.3 Å². The van der Waals surface area contributed by atoms with Gasteiger partial charge in [0, 0.05) is 17.6 Å². The minimum absolute atomic E-state index is 0.241. The molecule has 0 bridgehead atoms. The predicted molar refractivity (Wildman–Crippen MR) is 106 cm³/mol. The summed E-state index contributed by atoms with van der Waals surface area (Å²) in [7, 11) is 1.92. The van der Waals surface area contributed by atoms with Crippen LogP contribution >= 0.6 is 11.8 Å². The number of rotatable bonds is 7. The number of hydrogen-bond donors (Lipinski definition) is 0. The van der Waals surface area contributed by atoms with Gasteiger partial charge in [-0.25, -0.2) is 0 Å². The molecule has 0 unspecified atom stereocenters. The van der Waals surface area contributed by atoms with Crippen molar-refractivity contribution in [2.24, 2.45) is 7.05 Å². The summed E-state index contributed by atoms with van der Waals surface area (Å²) in [5.74, 6) is -2.28. The zero-order valence-corrected chi connectivity index (χ0v) is 16.8. The number of alkyl halides is 2. The van der Waals surface area contributed by atoms with Crippen molar-refractivity contribution in [2.75, 3.05) is 0 Å². The van der Waals surface area contributed by atoms with E-state index in [4.69, 9.17) is 4.42 Å². The number of carbonyl (C=O) groups is 1. The van der Waals surface area contributed by atoms with E-state index in [2.05, 4.69) is 5.10 Å². The Kier molecular flexibility index (Phi) is 5.71. The lowest BCUT2D eigenvalue weighted by atomic mass is 10.1. The van der Waals surface area contributed by atoms with Gasteiger partial charge in [0.25, 0.3) is 11.7 Å². The lowest BCUT2D eigenvalue weighted by molar-refractivity contribution is 0.0711. The van der Waals surface area contributed by atoms with E-state index in [1.54, 1.807) is 47.6 Å². The van der Waals surface area contributed by atoms with E-state index in [-0.39, 0.29) is 22.9 Å². The second-order valence-corrected chi connectivity index (χ2v) is 8.00. The third-order valence-corrected chi connectivity index (χ3v) is 5.87. The Bertz CT molecular complexity index is 1000. The Balaban J connectivity index is 1.66. The molecular weight excluding hydrogens is 396 g/mol. The maximum Gasteiger partial charge on any atom is 0.288 e. The van der Waals surface area contributed by atoms with E-state index in [1.165, 1.54) is 11.3 Å². The fourth-order valence-corrected chi connectivity index (χ4v) is 4.44. The summed E-state index contributed by atoms with van der Waals surface area (Å²) >= 11 is 0.385. The van der Waals surface area contributed by atoms with Gasteiger partial charge in [-0.3, -0.25) is 9.48 Å². The summed E-state index contributed by atoms with van der Waals surface area (Å²) in [5, 5.41) is 4.62. The smallest absolute Gasteiger partial charge is 0.288 e. The first-order chi connectivity index (χ1) is 14.0. The molecule has 5 nitrogen and oxygen atoms in total. The largest absolute Gasteiger partial charge is 0.467 e. The maximum absolute atomic E-state index is 13.4. The van der Waals surface area contributed by atoms with Gasteiger partial charge in [-0.2, -0.15) is 13.9 Å². The summed E-state index contributed by atoms with van der Waals surface area (Å²) in [6.07, 6.45) is 4.56. The second kappa shape index (κ2) is 8.41. The number of fused-ring (bicyclic) bond motifs is 1. The number of hydrogen-bond acceptors (Lipinski definition) is 4. The lowest BCUT2D eigenvalue weighted by Crippen LogP contribution is -2.31. The second-order valence-electron chi connectivity index (χ2n) is 6.96. The number of aryl methyl sites for hydroxylation is 1. The van der Waals surface area contributed by atoms with Crippen molar-refractivity contribution in [1.29, 1.82) is 0 Å². The highest BCUT2D eigenvalue weighted by Crippen LogP contribution is 2.31. The molecule has 8 heteroatoms. The van der Waals surface area contributed by atoms with Gasteiger partial charge in [0.15, 0.2) is 0 Å². The van der Waals surface area contributed by atoms with Gasteiger partial charge in [0.05, 0.1) is 30.6 Å². The first-order valence-electron chi connectivity index (χ1n) is 9.42. The third-order valence-electron chi connectivity index (χ3n) is 5.09. The summed E-state index contributed by atoms with van der Waals surface area (Å²) in [4.78, 5) is 15.3. The number of thioether (sulfide) groups is 1. The summed E-state index contributed by atoms with van der Waals surface area (Å²) < 4.78 is 33.3. The van der Waals surface area contributed by atoms with Crippen LogP contribution in [-0.4, -0.2) is 26.3 Å². The molecule has 0 N–H and O–H groups in total. The highest BCUT2D eigenvalue weighted by Gasteiger charge is 2.26. The first-order valence-corrected chi connectivity index (χ1v) is 10.3. The van der Waals surface area contributed by atoms with Crippen molar-refractivity contribution in [1.82, 2.24) is 14.7 Å². The number of aromatic nitrogens is 2. The Morgan fingerprint density at radius 1 is 1.24 bits per heavy atom. The molecule has 1 aromatic carbocycles. The zero-order chi connectivity index (χ0) is 20.4. The SMILES string of the molecule is Cn1nc(CN(Cc2ccco2)C(=O)c2ccccc2SC(F)F)c2c1CCC2. The van der Waals surface area contributed by atoms with Gasteiger partial charge in [-0.05, 0) is 49.1 Å². The van der Waals surface area contributed by atoms with Gasteiger partial charge < -0.3 is 9.32 Å². The van der Waals surface area contributed by atoms with E-state index in [9.17, 15) is 13.6 Å². The van der Waals surface area contributed by atoms with Crippen LogP contribution in [0.3, 0.4) is 0 Å². The van der Waals surface area contributed by atoms with Crippen LogP contribution in [-0.2, 0) is 33.0 Å². The molecule has 0 radical (unpaired) electrons. The standard InChI is InChI=1S/C21H21F2N3O2S/c1-25-18-9-4-8-15(18)17(24-25)13-26(12-14-6-5-11-28-14)20(27)16-7-2-3-10-19(16)29-21(22)23/h2-3,5-7,10-11,21H,4,8-9,12-13H2,1H3. The van der Waals surface area contributed by atoms with Crippen LogP contribution in [0.15, 0.2) is 52.0 Å². The molecule has 2 aromatic heterocycles. The highest BCUT2D eigenvalue weighted by molar-refractivity contribution is 7.99. The predicted octanol–water partition coefficient (Wildman–Crippen LogP) is 4.66. The number of nitrogens with zero attached hydrogens (tertiary/aromatic N) is 3. The number of carbonyl (C=O) groups excluding carboxylic acids is 1. The number of benzene rings is 1. The average molecular weight is 417 g/mol. The molecule has 0 saturated carbocycles. The first kappa shape index (κ1) is 19.7. The van der Waals surface area contributed by atoms with Gasteiger partial charge in [0.1, 0.15) is 5.76 Å². The minimum atomic E-state index is -2.60. The van der Waals surface area contributed by atoms with Crippen LogP contribution in [0.1, 0.15) is 39.5 Å². The Morgan fingerprint density at radius 2 is 2.07 bits per heavy atom. The quantitative estimate of drug-likeness (QED) is 0.525. The average Bonchev–Trinajstić information content (AvgIpc) is 3.42. The van der Waals surface area contributed by atoms with Crippen molar-refractivity contribution in [2.45, 2.75) is 43.0 Å². The van der Waals surface area contributed by atoms with Crippen LogP contribution < -0.4 is 0 Å². The Hall–Kier alpha value is -2.61. The van der Waals surface area contributed by atoms with Gasteiger partial charge in [0.2, 0.25) is 0 Å². The molecule has 1 aliphatic carbocycles. The molecule has 0 saturated heterocycles. The molecule has 0 aliphatic heterocycles. The van der Waals surface area contributed by atoms with Crippen molar-refractivity contribution >= 4 is 17.7 Å². The lowest BCUT2D eigenvalue weighted by Gasteiger charge is -2.22. The molecule has 29 heavy (non-hydrogen) atoms. The van der Waals surface area contributed by atoms with Crippen LogP contribution in [0, 0.1) is 0 Å². The van der Waals surface area contributed by atoms with Gasteiger partial charge in [-0.1, -0.05) is 23.9 Å². The van der Waals surface area contributed by atoms with Gasteiger partial charge in [-0.15, -0.1) is 0 Å². The fraction of sp³-hybridized carbons (Fsp3) is 0.333. The molecule has 2 heterocycles.